The van der Waals surface area contributed by atoms with E-state index in [1.54, 1.807) is 25.1 Å². The minimum Gasteiger partial charge on any atom is -0.508 e. The summed E-state index contributed by atoms with van der Waals surface area (Å²) in [6.45, 7) is 2.21. The smallest absolute Gasteiger partial charge is 0.251 e. The number of aromatic hydroxyl groups is 1. The third kappa shape index (κ3) is 3.07. The Balaban J connectivity index is 2.08. The molecule has 1 aliphatic rings. The zero-order valence-electron chi connectivity index (χ0n) is 11.4. The van der Waals surface area contributed by atoms with Crippen LogP contribution < -0.4 is 11.1 Å². The maximum atomic E-state index is 12.3. The molecule has 1 aromatic rings. The van der Waals surface area contributed by atoms with Crippen LogP contribution in [0, 0.1) is 12.8 Å². The molecule has 0 aliphatic heterocycles. The van der Waals surface area contributed by atoms with E-state index in [9.17, 15) is 9.90 Å². The van der Waals surface area contributed by atoms with Crippen molar-refractivity contribution in [2.45, 2.75) is 38.6 Å². The van der Waals surface area contributed by atoms with Gasteiger partial charge in [0.25, 0.3) is 5.91 Å². The van der Waals surface area contributed by atoms with Crippen molar-refractivity contribution < 1.29 is 9.90 Å². The Morgan fingerprint density at radius 3 is 2.79 bits per heavy atom. The zero-order valence-corrected chi connectivity index (χ0v) is 11.4. The first-order chi connectivity index (χ1) is 9.13. The van der Waals surface area contributed by atoms with E-state index in [2.05, 4.69) is 5.32 Å². The summed E-state index contributed by atoms with van der Waals surface area (Å²) in [5.74, 6) is 0.500. The van der Waals surface area contributed by atoms with Gasteiger partial charge in [-0.3, -0.25) is 4.79 Å². The van der Waals surface area contributed by atoms with Gasteiger partial charge in [-0.25, -0.2) is 0 Å². The summed E-state index contributed by atoms with van der Waals surface area (Å²) in [7, 11) is 0. The van der Waals surface area contributed by atoms with Crippen molar-refractivity contribution in [3.05, 3.63) is 29.3 Å². The van der Waals surface area contributed by atoms with Crippen LogP contribution in [0.3, 0.4) is 0 Å². The van der Waals surface area contributed by atoms with E-state index >= 15 is 0 Å². The van der Waals surface area contributed by atoms with Gasteiger partial charge in [-0.2, -0.15) is 0 Å². The minimum atomic E-state index is -0.143. The van der Waals surface area contributed by atoms with Gasteiger partial charge < -0.3 is 16.2 Å². The van der Waals surface area contributed by atoms with Gasteiger partial charge in [-0.15, -0.1) is 0 Å². The van der Waals surface area contributed by atoms with Gasteiger partial charge >= 0.3 is 0 Å². The fourth-order valence-electron chi connectivity index (χ4n) is 2.84. The summed E-state index contributed by atoms with van der Waals surface area (Å²) in [4.78, 5) is 12.3. The fraction of sp³-hybridized carbons (Fsp3) is 0.533. The second-order valence-electron chi connectivity index (χ2n) is 5.31. The van der Waals surface area contributed by atoms with E-state index in [1.807, 2.05) is 0 Å². The summed E-state index contributed by atoms with van der Waals surface area (Å²) in [6, 6.07) is 5.04. The highest BCUT2D eigenvalue weighted by atomic mass is 16.3. The third-order valence-electron chi connectivity index (χ3n) is 4.09. The molecule has 19 heavy (non-hydrogen) atoms. The van der Waals surface area contributed by atoms with E-state index in [4.69, 9.17) is 5.73 Å². The first-order valence-electron chi connectivity index (χ1n) is 6.93. The summed E-state index contributed by atoms with van der Waals surface area (Å²) >= 11 is 0. The molecule has 0 radical (unpaired) electrons. The molecule has 1 amide bonds. The second-order valence-corrected chi connectivity index (χ2v) is 5.31. The van der Waals surface area contributed by atoms with Gasteiger partial charge in [-0.1, -0.05) is 18.9 Å². The van der Waals surface area contributed by atoms with Gasteiger partial charge in [0, 0.05) is 23.7 Å². The molecule has 1 aromatic carbocycles. The van der Waals surface area contributed by atoms with Crippen molar-refractivity contribution in [3.8, 4) is 5.75 Å². The van der Waals surface area contributed by atoms with E-state index in [0.29, 0.717) is 23.6 Å². The van der Waals surface area contributed by atoms with E-state index in [0.717, 1.165) is 12.8 Å². The van der Waals surface area contributed by atoms with Gasteiger partial charge in [0.1, 0.15) is 5.75 Å². The lowest BCUT2D eigenvalue weighted by molar-refractivity contribution is 0.0923. The highest BCUT2D eigenvalue weighted by molar-refractivity contribution is 5.96. The Morgan fingerprint density at radius 1 is 1.47 bits per heavy atom. The second kappa shape index (κ2) is 6.06. The van der Waals surface area contributed by atoms with Crippen LogP contribution in [0.1, 0.15) is 41.6 Å². The first kappa shape index (κ1) is 13.9. The Morgan fingerprint density at radius 2 is 2.16 bits per heavy atom. The molecule has 1 aliphatic carbocycles. The number of carbonyl (C=O) groups is 1. The number of rotatable bonds is 4. The predicted molar refractivity (Wildman–Crippen MR) is 75.1 cm³/mol. The largest absolute Gasteiger partial charge is 0.508 e. The number of phenols is 1. The Labute approximate surface area is 114 Å². The van der Waals surface area contributed by atoms with Gasteiger partial charge in [-0.05, 0) is 37.8 Å². The number of hydrogen-bond donors (Lipinski definition) is 3. The van der Waals surface area contributed by atoms with Crippen molar-refractivity contribution >= 4 is 5.91 Å². The number of carbonyl (C=O) groups excluding carboxylic acids is 1. The van der Waals surface area contributed by atoms with E-state index < -0.39 is 0 Å². The van der Waals surface area contributed by atoms with Crippen LogP contribution in [0.25, 0.3) is 0 Å². The van der Waals surface area contributed by atoms with Gasteiger partial charge in [0.15, 0.2) is 0 Å². The van der Waals surface area contributed by atoms with Crippen molar-refractivity contribution in [1.82, 2.24) is 5.32 Å². The molecule has 0 saturated heterocycles. The normalized spacial score (nSPS) is 17.4. The Kier molecular flexibility index (Phi) is 4.43. The topological polar surface area (TPSA) is 75.3 Å². The number of nitrogens with two attached hydrogens (primary N) is 1. The monoisotopic (exact) mass is 262 g/mol. The number of phenolic OH excluding ortho intramolecular Hbond substituents is 1. The van der Waals surface area contributed by atoms with E-state index in [1.165, 1.54) is 12.8 Å². The predicted octanol–water partition coefficient (Wildman–Crippen LogP) is 1.95. The highest BCUT2D eigenvalue weighted by Crippen LogP contribution is 2.28. The van der Waals surface area contributed by atoms with Crippen LogP contribution in [-0.2, 0) is 0 Å². The van der Waals surface area contributed by atoms with E-state index in [-0.39, 0.29) is 17.7 Å². The maximum absolute atomic E-state index is 12.3. The molecule has 4 nitrogen and oxygen atoms in total. The summed E-state index contributed by atoms with van der Waals surface area (Å²) < 4.78 is 0. The van der Waals surface area contributed by atoms with Crippen molar-refractivity contribution in [1.29, 1.82) is 0 Å². The molecule has 0 heterocycles. The zero-order chi connectivity index (χ0) is 13.8. The quantitative estimate of drug-likeness (QED) is 0.776. The van der Waals surface area contributed by atoms with Gasteiger partial charge in [0.05, 0.1) is 0 Å². The lowest BCUT2D eigenvalue weighted by Crippen LogP contribution is -2.44. The molecule has 1 unspecified atom stereocenters. The first-order valence-corrected chi connectivity index (χ1v) is 6.93. The Bertz CT molecular complexity index is 453. The minimum absolute atomic E-state index is 0.0387. The molecule has 1 saturated carbocycles. The molecule has 104 valence electrons. The molecule has 4 heteroatoms. The lowest BCUT2D eigenvalue weighted by Gasteiger charge is -2.23. The lowest BCUT2D eigenvalue weighted by atomic mass is 9.97. The van der Waals surface area contributed by atoms with Crippen LogP contribution in [0.5, 0.6) is 5.75 Å². The molecule has 0 spiro atoms. The summed E-state index contributed by atoms with van der Waals surface area (Å²) in [5, 5.41) is 12.7. The van der Waals surface area contributed by atoms with Crippen molar-refractivity contribution in [3.63, 3.8) is 0 Å². The molecule has 2 rings (SSSR count). The Hall–Kier alpha value is -1.55. The number of hydrogen-bond acceptors (Lipinski definition) is 3. The summed E-state index contributed by atoms with van der Waals surface area (Å²) in [5.41, 5.74) is 6.92. The third-order valence-corrected chi connectivity index (χ3v) is 4.09. The molecule has 1 fully saturated rings. The van der Waals surface area contributed by atoms with Crippen molar-refractivity contribution in [2.75, 3.05) is 6.54 Å². The van der Waals surface area contributed by atoms with Crippen molar-refractivity contribution in [2.24, 2.45) is 11.7 Å². The van der Waals surface area contributed by atoms with Crippen LogP contribution in [0.4, 0.5) is 0 Å². The molecular weight excluding hydrogens is 240 g/mol. The van der Waals surface area contributed by atoms with Crippen LogP contribution in [-0.4, -0.2) is 23.6 Å². The summed E-state index contributed by atoms with van der Waals surface area (Å²) in [6.07, 6.45) is 4.73. The average molecular weight is 262 g/mol. The van der Waals surface area contributed by atoms with Crippen LogP contribution in [0.15, 0.2) is 18.2 Å². The fourth-order valence-corrected chi connectivity index (χ4v) is 2.84. The molecular formula is C15H22N2O2. The van der Waals surface area contributed by atoms with Gasteiger partial charge in [0.2, 0.25) is 0 Å². The van der Waals surface area contributed by atoms with Crippen LogP contribution >= 0.6 is 0 Å². The maximum Gasteiger partial charge on any atom is 0.251 e. The SMILES string of the molecule is Cc1c(O)cccc1C(=O)NC(CN)C1CCCC1. The standard InChI is InChI=1S/C15H22N2O2/c1-10-12(7-4-8-14(10)18)15(19)17-13(9-16)11-5-2-3-6-11/h4,7-8,11,13,18H,2-3,5-6,9,16H2,1H3,(H,17,19). The number of nitrogens with one attached hydrogen (secondary N) is 1. The molecule has 1 atom stereocenters. The molecule has 4 N–H and O–H groups in total. The molecule has 0 bridgehead atoms. The number of amides is 1. The highest BCUT2D eigenvalue weighted by Gasteiger charge is 2.26. The number of benzene rings is 1. The van der Waals surface area contributed by atoms with Crippen LogP contribution in [0.2, 0.25) is 0 Å². The average Bonchev–Trinajstić information content (AvgIpc) is 2.92. The molecule has 0 aromatic heterocycles.